The van der Waals surface area contributed by atoms with Crippen LogP contribution in [0.5, 0.6) is 5.75 Å². The molecule has 1 aromatic rings. The molecule has 5 heteroatoms. The SMILES string of the molecule is CC1CCC(NC(=O)c2ccc(Br)cc2O)CN1. The fourth-order valence-corrected chi connectivity index (χ4v) is 2.43. The van der Waals surface area contributed by atoms with E-state index in [4.69, 9.17) is 0 Å². The van der Waals surface area contributed by atoms with Crippen LogP contribution in [0.1, 0.15) is 30.1 Å². The number of carbonyl (C=O) groups excluding carboxylic acids is 1. The molecule has 1 aromatic carbocycles. The van der Waals surface area contributed by atoms with Gasteiger partial charge in [0.25, 0.3) is 5.91 Å². The molecule has 3 N–H and O–H groups in total. The minimum absolute atomic E-state index is 0.000915. The van der Waals surface area contributed by atoms with Gasteiger partial charge in [0.2, 0.25) is 0 Å². The van der Waals surface area contributed by atoms with E-state index >= 15 is 0 Å². The van der Waals surface area contributed by atoms with Gasteiger partial charge in [-0.15, -0.1) is 0 Å². The zero-order chi connectivity index (χ0) is 13.1. The summed E-state index contributed by atoms with van der Waals surface area (Å²) in [4.78, 5) is 12.0. The van der Waals surface area contributed by atoms with Crippen LogP contribution in [0.4, 0.5) is 0 Å². The molecule has 0 saturated carbocycles. The lowest BCUT2D eigenvalue weighted by Gasteiger charge is -2.28. The Kier molecular flexibility index (Phi) is 4.24. The zero-order valence-electron chi connectivity index (χ0n) is 10.2. The molecule has 1 aliphatic heterocycles. The summed E-state index contributed by atoms with van der Waals surface area (Å²) in [6.07, 6.45) is 2.02. The molecule has 2 unspecified atom stereocenters. The first kappa shape index (κ1) is 13.4. The first-order chi connectivity index (χ1) is 8.56. The molecule has 2 rings (SSSR count). The monoisotopic (exact) mass is 312 g/mol. The van der Waals surface area contributed by atoms with E-state index in [9.17, 15) is 9.90 Å². The van der Waals surface area contributed by atoms with Crippen LogP contribution in [-0.2, 0) is 0 Å². The molecular formula is C13H17BrN2O2. The third-order valence-corrected chi connectivity index (χ3v) is 3.69. The van der Waals surface area contributed by atoms with Crippen molar-refractivity contribution in [1.29, 1.82) is 0 Å². The van der Waals surface area contributed by atoms with E-state index in [-0.39, 0.29) is 17.7 Å². The van der Waals surface area contributed by atoms with Crippen LogP contribution in [0, 0.1) is 0 Å². The van der Waals surface area contributed by atoms with Crippen LogP contribution in [0.25, 0.3) is 0 Å². The molecule has 98 valence electrons. The average molecular weight is 313 g/mol. The molecular weight excluding hydrogens is 296 g/mol. The molecule has 18 heavy (non-hydrogen) atoms. The molecule has 2 atom stereocenters. The number of benzene rings is 1. The van der Waals surface area contributed by atoms with Crippen molar-refractivity contribution in [1.82, 2.24) is 10.6 Å². The van der Waals surface area contributed by atoms with Crippen molar-refractivity contribution < 1.29 is 9.90 Å². The largest absolute Gasteiger partial charge is 0.507 e. The molecule has 0 spiro atoms. The van der Waals surface area contributed by atoms with Crippen molar-refractivity contribution in [3.8, 4) is 5.75 Å². The van der Waals surface area contributed by atoms with Crippen LogP contribution in [0.15, 0.2) is 22.7 Å². The molecule has 1 saturated heterocycles. The number of hydrogen-bond donors (Lipinski definition) is 3. The van der Waals surface area contributed by atoms with Crippen molar-refractivity contribution in [3.63, 3.8) is 0 Å². The van der Waals surface area contributed by atoms with E-state index < -0.39 is 0 Å². The molecule has 0 bridgehead atoms. The molecule has 1 heterocycles. The fraction of sp³-hybridized carbons (Fsp3) is 0.462. The van der Waals surface area contributed by atoms with Crippen LogP contribution in [0.3, 0.4) is 0 Å². The van der Waals surface area contributed by atoms with Crippen molar-refractivity contribution in [2.24, 2.45) is 0 Å². The number of phenols is 1. The van der Waals surface area contributed by atoms with Crippen molar-refractivity contribution >= 4 is 21.8 Å². The van der Waals surface area contributed by atoms with Gasteiger partial charge in [0.05, 0.1) is 5.56 Å². The average Bonchev–Trinajstić information content (AvgIpc) is 2.32. The third kappa shape index (κ3) is 3.23. The highest BCUT2D eigenvalue weighted by Crippen LogP contribution is 2.22. The van der Waals surface area contributed by atoms with Crippen molar-refractivity contribution in [2.45, 2.75) is 31.8 Å². The number of rotatable bonds is 2. The highest BCUT2D eigenvalue weighted by atomic mass is 79.9. The van der Waals surface area contributed by atoms with E-state index in [0.717, 1.165) is 23.9 Å². The summed E-state index contributed by atoms with van der Waals surface area (Å²) >= 11 is 3.25. The van der Waals surface area contributed by atoms with E-state index in [1.807, 2.05) is 0 Å². The number of phenolic OH excluding ortho intramolecular Hbond substituents is 1. The lowest BCUT2D eigenvalue weighted by molar-refractivity contribution is 0.0925. The first-order valence-corrected chi connectivity index (χ1v) is 6.88. The minimum atomic E-state index is -0.221. The van der Waals surface area contributed by atoms with E-state index in [2.05, 4.69) is 33.5 Å². The summed E-state index contributed by atoms with van der Waals surface area (Å²) in [5.74, 6) is -0.222. The third-order valence-electron chi connectivity index (χ3n) is 3.20. The quantitative estimate of drug-likeness (QED) is 0.783. The second-order valence-corrected chi connectivity index (χ2v) is 5.63. The Morgan fingerprint density at radius 2 is 2.28 bits per heavy atom. The van der Waals surface area contributed by atoms with Gasteiger partial charge < -0.3 is 15.7 Å². The van der Waals surface area contributed by atoms with Gasteiger partial charge in [-0.1, -0.05) is 15.9 Å². The minimum Gasteiger partial charge on any atom is -0.507 e. The molecule has 1 fully saturated rings. The number of aromatic hydroxyl groups is 1. The van der Waals surface area contributed by atoms with Gasteiger partial charge in [-0.25, -0.2) is 0 Å². The summed E-state index contributed by atoms with van der Waals surface area (Å²) in [6.45, 7) is 2.92. The Morgan fingerprint density at radius 3 is 2.89 bits per heavy atom. The van der Waals surface area contributed by atoms with E-state index in [1.165, 1.54) is 6.07 Å². The Balaban J connectivity index is 1.99. The Morgan fingerprint density at radius 1 is 1.50 bits per heavy atom. The van der Waals surface area contributed by atoms with E-state index in [0.29, 0.717) is 11.6 Å². The Bertz CT molecular complexity index is 443. The summed E-state index contributed by atoms with van der Waals surface area (Å²) < 4.78 is 0.754. The summed E-state index contributed by atoms with van der Waals surface area (Å²) in [5.41, 5.74) is 0.317. The smallest absolute Gasteiger partial charge is 0.255 e. The molecule has 0 aromatic heterocycles. The second-order valence-electron chi connectivity index (χ2n) is 4.72. The van der Waals surface area contributed by atoms with Gasteiger partial charge in [-0.05, 0) is 38.0 Å². The van der Waals surface area contributed by atoms with Gasteiger partial charge in [-0.2, -0.15) is 0 Å². The van der Waals surface area contributed by atoms with Gasteiger partial charge in [0.15, 0.2) is 0 Å². The van der Waals surface area contributed by atoms with Crippen LogP contribution >= 0.6 is 15.9 Å². The number of carbonyl (C=O) groups is 1. The zero-order valence-corrected chi connectivity index (χ0v) is 11.8. The van der Waals surface area contributed by atoms with Gasteiger partial charge in [-0.3, -0.25) is 4.79 Å². The predicted octanol–water partition coefficient (Wildman–Crippen LogP) is 2.02. The number of piperidine rings is 1. The van der Waals surface area contributed by atoms with Crippen molar-refractivity contribution in [2.75, 3.05) is 6.54 Å². The Hall–Kier alpha value is -1.07. The normalized spacial score (nSPS) is 23.7. The predicted molar refractivity (Wildman–Crippen MR) is 73.8 cm³/mol. The summed E-state index contributed by atoms with van der Waals surface area (Å²) in [7, 11) is 0. The molecule has 0 aliphatic carbocycles. The first-order valence-electron chi connectivity index (χ1n) is 6.09. The van der Waals surface area contributed by atoms with Gasteiger partial charge >= 0.3 is 0 Å². The second kappa shape index (κ2) is 5.71. The molecule has 0 radical (unpaired) electrons. The number of amides is 1. The summed E-state index contributed by atoms with van der Waals surface area (Å²) in [6, 6.07) is 5.54. The topological polar surface area (TPSA) is 61.4 Å². The van der Waals surface area contributed by atoms with Gasteiger partial charge in [0.1, 0.15) is 5.75 Å². The maximum atomic E-state index is 12.0. The van der Waals surface area contributed by atoms with Crippen LogP contribution in [0.2, 0.25) is 0 Å². The molecule has 4 nitrogen and oxygen atoms in total. The van der Waals surface area contributed by atoms with E-state index in [1.54, 1.807) is 12.1 Å². The number of nitrogens with one attached hydrogen (secondary N) is 2. The lowest BCUT2D eigenvalue weighted by Crippen LogP contribution is -2.48. The highest BCUT2D eigenvalue weighted by molar-refractivity contribution is 9.10. The Labute approximate surface area is 115 Å². The maximum Gasteiger partial charge on any atom is 0.255 e. The molecule has 1 amide bonds. The number of hydrogen-bond acceptors (Lipinski definition) is 3. The van der Waals surface area contributed by atoms with Crippen LogP contribution < -0.4 is 10.6 Å². The fourth-order valence-electron chi connectivity index (χ4n) is 2.08. The standard InChI is InChI=1S/C13H17BrN2O2/c1-8-2-4-10(7-15-8)16-13(18)11-5-3-9(14)6-12(11)17/h3,5-6,8,10,15,17H,2,4,7H2,1H3,(H,16,18). The van der Waals surface area contributed by atoms with Crippen molar-refractivity contribution in [3.05, 3.63) is 28.2 Å². The van der Waals surface area contributed by atoms with Gasteiger partial charge in [0, 0.05) is 23.1 Å². The summed E-state index contributed by atoms with van der Waals surface area (Å²) in [5, 5.41) is 16.0. The number of halogens is 1. The highest BCUT2D eigenvalue weighted by Gasteiger charge is 2.20. The maximum absolute atomic E-state index is 12.0. The van der Waals surface area contributed by atoms with Crippen LogP contribution in [-0.4, -0.2) is 29.6 Å². The lowest BCUT2D eigenvalue weighted by atomic mass is 10.0. The molecule has 1 aliphatic rings.